The van der Waals surface area contributed by atoms with Gasteiger partial charge < -0.3 is 5.32 Å². The molecule has 0 saturated heterocycles. The number of hydrogen-bond acceptors (Lipinski definition) is 3. The van der Waals surface area contributed by atoms with Gasteiger partial charge in [0.1, 0.15) is 0 Å². The summed E-state index contributed by atoms with van der Waals surface area (Å²) in [4.78, 5) is 11.5. The molecule has 0 heterocycles. The van der Waals surface area contributed by atoms with Gasteiger partial charge in [0.15, 0.2) is 0 Å². The number of carbonyl (C=O) groups excluding carboxylic acids is 1. The van der Waals surface area contributed by atoms with E-state index in [1.54, 1.807) is 24.3 Å². The first kappa shape index (κ1) is 14.5. The van der Waals surface area contributed by atoms with Crippen molar-refractivity contribution in [3.63, 3.8) is 0 Å². The number of sulfonamides is 1. The van der Waals surface area contributed by atoms with E-state index in [-0.39, 0.29) is 5.91 Å². The molecular weight excluding hydrogens is 252 g/mol. The van der Waals surface area contributed by atoms with Crippen molar-refractivity contribution in [1.29, 1.82) is 0 Å². The average molecular weight is 270 g/mol. The Labute approximate surface area is 108 Å². The molecule has 6 heteroatoms. The summed E-state index contributed by atoms with van der Waals surface area (Å²) in [6.45, 7) is 2.03. The van der Waals surface area contributed by atoms with Gasteiger partial charge in [-0.15, -0.1) is 0 Å². The van der Waals surface area contributed by atoms with Crippen molar-refractivity contribution in [3.8, 4) is 0 Å². The van der Waals surface area contributed by atoms with Gasteiger partial charge in [0.2, 0.25) is 15.9 Å². The van der Waals surface area contributed by atoms with Crippen molar-refractivity contribution in [2.24, 2.45) is 0 Å². The fraction of sp³-hybridized carbons (Fsp3) is 0.417. The number of nitrogens with one attached hydrogen (secondary N) is 2. The minimum absolute atomic E-state index is 0.0272. The Morgan fingerprint density at radius 3 is 2.22 bits per heavy atom. The minimum atomic E-state index is -3.26. The standard InChI is InChI=1S/C12H18N2O3S/c1-3-4-5-12(15)13-10-6-8-11(9-7-10)14-18(2,16)17/h6-9,14H,3-5H2,1-2H3,(H,13,15). The van der Waals surface area contributed by atoms with Crippen molar-refractivity contribution < 1.29 is 13.2 Å². The Kier molecular flexibility index (Phi) is 5.15. The first-order valence-corrected chi connectivity index (χ1v) is 7.67. The maximum Gasteiger partial charge on any atom is 0.229 e. The molecule has 0 aliphatic carbocycles. The zero-order valence-corrected chi connectivity index (χ0v) is 11.4. The van der Waals surface area contributed by atoms with Crippen LogP contribution in [0, 0.1) is 0 Å². The van der Waals surface area contributed by atoms with E-state index in [0.717, 1.165) is 19.1 Å². The Bertz CT molecular complexity index is 495. The summed E-state index contributed by atoms with van der Waals surface area (Å²) in [5.41, 5.74) is 1.14. The fourth-order valence-electron chi connectivity index (χ4n) is 1.40. The zero-order valence-electron chi connectivity index (χ0n) is 10.6. The third-order valence-electron chi connectivity index (χ3n) is 2.23. The molecule has 18 heavy (non-hydrogen) atoms. The third kappa shape index (κ3) is 5.67. The van der Waals surface area contributed by atoms with Crippen LogP contribution >= 0.6 is 0 Å². The van der Waals surface area contributed by atoms with Crippen LogP contribution in [0.2, 0.25) is 0 Å². The minimum Gasteiger partial charge on any atom is -0.326 e. The van der Waals surface area contributed by atoms with Crippen LogP contribution in [-0.2, 0) is 14.8 Å². The van der Waals surface area contributed by atoms with Crippen molar-refractivity contribution in [2.75, 3.05) is 16.3 Å². The molecule has 0 aromatic heterocycles. The second kappa shape index (κ2) is 6.39. The summed E-state index contributed by atoms with van der Waals surface area (Å²) < 4.78 is 24.4. The van der Waals surface area contributed by atoms with Crippen LogP contribution in [0.15, 0.2) is 24.3 Å². The molecule has 0 radical (unpaired) electrons. The molecule has 1 rings (SSSR count). The van der Waals surface area contributed by atoms with E-state index >= 15 is 0 Å². The Balaban J connectivity index is 2.58. The summed E-state index contributed by atoms with van der Waals surface area (Å²) in [5, 5.41) is 2.75. The lowest BCUT2D eigenvalue weighted by atomic mass is 10.2. The van der Waals surface area contributed by atoms with E-state index in [1.165, 1.54) is 0 Å². The fourth-order valence-corrected chi connectivity index (χ4v) is 1.96. The van der Waals surface area contributed by atoms with Crippen LogP contribution in [0.3, 0.4) is 0 Å². The molecule has 0 unspecified atom stereocenters. The average Bonchev–Trinajstić information content (AvgIpc) is 2.27. The van der Waals surface area contributed by atoms with Gasteiger partial charge in [-0.25, -0.2) is 8.42 Å². The van der Waals surface area contributed by atoms with Crippen LogP contribution in [0.25, 0.3) is 0 Å². The number of hydrogen-bond donors (Lipinski definition) is 2. The predicted octanol–water partition coefficient (Wildman–Crippen LogP) is 2.19. The summed E-state index contributed by atoms with van der Waals surface area (Å²) >= 11 is 0. The number of unbranched alkanes of at least 4 members (excludes halogenated alkanes) is 1. The van der Waals surface area contributed by atoms with E-state index in [4.69, 9.17) is 0 Å². The lowest BCUT2D eigenvalue weighted by Crippen LogP contribution is -2.11. The molecule has 0 saturated carbocycles. The van der Waals surface area contributed by atoms with E-state index in [9.17, 15) is 13.2 Å². The van der Waals surface area contributed by atoms with Gasteiger partial charge in [0, 0.05) is 17.8 Å². The number of amides is 1. The molecule has 2 N–H and O–H groups in total. The normalized spacial score (nSPS) is 11.0. The van der Waals surface area contributed by atoms with Crippen molar-refractivity contribution in [1.82, 2.24) is 0 Å². The Morgan fingerprint density at radius 1 is 1.17 bits per heavy atom. The van der Waals surface area contributed by atoms with Gasteiger partial charge in [-0.05, 0) is 30.7 Å². The van der Waals surface area contributed by atoms with Crippen LogP contribution in [-0.4, -0.2) is 20.6 Å². The second-order valence-electron chi connectivity index (χ2n) is 4.10. The van der Waals surface area contributed by atoms with E-state index in [2.05, 4.69) is 10.0 Å². The number of carbonyl (C=O) groups is 1. The van der Waals surface area contributed by atoms with Crippen LogP contribution in [0.1, 0.15) is 26.2 Å². The van der Waals surface area contributed by atoms with Crippen molar-refractivity contribution >= 4 is 27.3 Å². The molecule has 0 atom stereocenters. The van der Waals surface area contributed by atoms with Crippen LogP contribution in [0.5, 0.6) is 0 Å². The molecule has 1 aromatic carbocycles. The Morgan fingerprint density at radius 2 is 1.72 bits per heavy atom. The SMILES string of the molecule is CCCCC(=O)Nc1ccc(NS(C)(=O)=O)cc1. The van der Waals surface area contributed by atoms with E-state index in [0.29, 0.717) is 17.8 Å². The lowest BCUT2D eigenvalue weighted by molar-refractivity contribution is -0.116. The molecular formula is C12H18N2O3S. The van der Waals surface area contributed by atoms with Crippen molar-refractivity contribution in [3.05, 3.63) is 24.3 Å². The molecule has 1 amide bonds. The quantitative estimate of drug-likeness (QED) is 0.832. The van der Waals surface area contributed by atoms with Gasteiger partial charge in [-0.2, -0.15) is 0 Å². The molecule has 0 aliphatic heterocycles. The molecule has 0 bridgehead atoms. The van der Waals surface area contributed by atoms with E-state index in [1.807, 2.05) is 6.92 Å². The number of benzene rings is 1. The molecule has 0 aliphatic rings. The van der Waals surface area contributed by atoms with Gasteiger partial charge in [0.05, 0.1) is 6.26 Å². The Hall–Kier alpha value is -1.56. The second-order valence-corrected chi connectivity index (χ2v) is 5.85. The summed E-state index contributed by atoms with van der Waals surface area (Å²) in [6, 6.07) is 6.54. The molecule has 0 spiro atoms. The molecule has 5 nitrogen and oxygen atoms in total. The highest BCUT2D eigenvalue weighted by molar-refractivity contribution is 7.92. The largest absolute Gasteiger partial charge is 0.326 e. The maximum atomic E-state index is 11.5. The topological polar surface area (TPSA) is 75.3 Å². The zero-order chi connectivity index (χ0) is 13.6. The van der Waals surface area contributed by atoms with Gasteiger partial charge in [-0.3, -0.25) is 9.52 Å². The number of anilines is 2. The highest BCUT2D eigenvalue weighted by Gasteiger charge is 2.03. The number of rotatable bonds is 6. The summed E-state index contributed by atoms with van der Waals surface area (Å²) in [6.07, 6.45) is 3.43. The molecule has 1 aromatic rings. The predicted molar refractivity (Wildman–Crippen MR) is 73.1 cm³/mol. The van der Waals surface area contributed by atoms with Crippen LogP contribution < -0.4 is 10.0 Å². The molecule has 0 fully saturated rings. The third-order valence-corrected chi connectivity index (χ3v) is 2.84. The first-order valence-electron chi connectivity index (χ1n) is 5.78. The highest BCUT2D eigenvalue weighted by Crippen LogP contribution is 2.14. The van der Waals surface area contributed by atoms with Gasteiger partial charge in [-0.1, -0.05) is 13.3 Å². The monoisotopic (exact) mass is 270 g/mol. The van der Waals surface area contributed by atoms with Gasteiger partial charge in [0.25, 0.3) is 0 Å². The first-order chi connectivity index (χ1) is 8.40. The lowest BCUT2D eigenvalue weighted by Gasteiger charge is -2.07. The highest BCUT2D eigenvalue weighted by atomic mass is 32.2. The van der Waals surface area contributed by atoms with E-state index < -0.39 is 10.0 Å². The summed E-state index contributed by atoms with van der Waals surface area (Å²) in [7, 11) is -3.26. The van der Waals surface area contributed by atoms with Crippen LogP contribution in [0.4, 0.5) is 11.4 Å². The smallest absolute Gasteiger partial charge is 0.229 e. The summed E-state index contributed by atoms with van der Waals surface area (Å²) in [5.74, 6) is -0.0272. The van der Waals surface area contributed by atoms with Gasteiger partial charge >= 0.3 is 0 Å². The van der Waals surface area contributed by atoms with Crippen molar-refractivity contribution in [2.45, 2.75) is 26.2 Å². The maximum absolute atomic E-state index is 11.5. The molecule has 100 valence electrons.